The van der Waals surface area contributed by atoms with Crippen LogP contribution < -0.4 is 0 Å². The molecule has 0 aromatic heterocycles. The van der Waals surface area contributed by atoms with Crippen molar-refractivity contribution < 1.29 is 42.9 Å². The van der Waals surface area contributed by atoms with Gasteiger partial charge in [0.1, 0.15) is 18.1 Å². The molecule has 0 radical (unpaired) electrons. The van der Waals surface area contributed by atoms with Crippen LogP contribution in [-0.2, 0) is 42.9 Å². The Hall–Kier alpha value is -2.59. The molecule has 0 amide bonds. The number of benzene rings is 1. The van der Waals surface area contributed by atoms with Crippen LogP contribution in [0.15, 0.2) is 35.2 Å². The predicted molar refractivity (Wildman–Crippen MR) is 104 cm³/mol. The zero-order valence-corrected chi connectivity index (χ0v) is 17.9. The van der Waals surface area contributed by atoms with E-state index in [1.165, 1.54) is 39.5 Å². The van der Waals surface area contributed by atoms with Gasteiger partial charge in [-0.05, 0) is 12.1 Å². The zero-order valence-electron chi connectivity index (χ0n) is 17.1. The molecule has 2 rings (SSSR count). The Morgan fingerprint density at radius 3 is 2.03 bits per heavy atom. The smallest absolute Gasteiger partial charge is 0.303 e. The van der Waals surface area contributed by atoms with E-state index in [4.69, 9.17) is 23.7 Å². The van der Waals surface area contributed by atoms with E-state index in [1.807, 2.05) is 30.3 Å². The van der Waals surface area contributed by atoms with Crippen molar-refractivity contribution in [3.63, 3.8) is 0 Å². The Kier molecular flexibility index (Phi) is 8.67. The normalized spacial score (nSPS) is 23.9. The number of carbonyl (C=O) groups excluding carboxylic acids is 4. The summed E-state index contributed by atoms with van der Waals surface area (Å²) in [5, 5.41) is 0. The molecule has 0 saturated carbocycles. The molecule has 1 aromatic carbocycles. The molecule has 1 saturated heterocycles. The van der Waals surface area contributed by atoms with Gasteiger partial charge in [0.2, 0.25) is 0 Å². The third-order valence-electron chi connectivity index (χ3n) is 3.94. The lowest BCUT2D eigenvalue weighted by molar-refractivity contribution is -0.176. The Labute approximate surface area is 178 Å². The van der Waals surface area contributed by atoms with Crippen LogP contribution in [0.5, 0.6) is 0 Å². The summed E-state index contributed by atoms with van der Waals surface area (Å²) in [7, 11) is 0. The van der Waals surface area contributed by atoms with Gasteiger partial charge in [0.05, 0.1) is 0 Å². The van der Waals surface area contributed by atoms with Crippen molar-refractivity contribution in [1.82, 2.24) is 0 Å². The summed E-state index contributed by atoms with van der Waals surface area (Å²) in [4.78, 5) is 47.1. The summed E-state index contributed by atoms with van der Waals surface area (Å²) in [5.41, 5.74) is -0.763. The van der Waals surface area contributed by atoms with E-state index < -0.39 is 53.7 Å². The van der Waals surface area contributed by atoms with Crippen LogP contribution in [0.25, 0.3) is 0 Å². The standard InChI is InChI=1S/C20H24O9S/c1-11(21)25-10-16(26-12(2)22)17-18(27-13(3)23)19(28-14(4)24)20(29-17)30-15-8-6-5-7-9-15/h5-9,16-20H,10H2,1-4H3/t16-,17-,18+,19+,20+/m1/s1. The molecule has 10 heteroatoms. The topological polar surface area (TPSA) is 114 Å². The summed E-state index contributed by atoms with van der Waals surface area (Å²) in [6.45, 7) is 4.51. The Bertz CT molecular complexity index is 767. The molecule has 1 aliphatic rings. The first-order valence-corrected chi connectivity index (χ1v) is 10.1. The molecule has 0 N–H and O–H groups in total. The van der Waals surface area contributed by atoms with Crippen molar-refractivity contribution in [2.75, 3.05) is 6.61 Å². The van der Waals surface area contributed by atoms with Crippen LogP contribution in [0.2, 0.25) is 0 Å². The second-order valence-electron chi connectivity index (χ2n) is 6.50. The first-order chi connectivity index (χ1) is 14.2. The fourth-order valence-corrected chi connectivity index (χ4v) is 4.04. The maximum atomic E-state index is 11.7. The van der Waals surface area contributed by atoms with E-state index in [1.54, 1.807) is 0 Å². The quantitative estimate of drug-likeness (QED) is 0.438. The third-order valence-corrected chi connectivity index (χ3v) is 5.10. The van der Waals surface area contributed by atoms with Crippen molar-refractivity contribution in [3.05, 3.63) is 30.3 Å². The SMILES string of the molecule is CC(=O)OC[C@@H](OC(C)=O)[C@H]1O[C@@H](Sc2ccccc2)[C@@H](OC(C)=O)[C@H]1OC(C)=O. The summed E-state index contributed by atoms with van der Waals surface area (Å²) in [5.74, 6) is -2.45. The molecule has 5 atom stereocenters. The molecule has 1 heterocycles. The molecular formula is C20H24O9S. The first-order valence-electron chi connectivity index (χ1n) is 9.19. The second kappa shape index (κ2) is 11.0. The van der Waals surface area contributed by atoms with Crippen molar-refractivity contribution in [1.29, 1.82) is 0 Å². The Morgan fingerprint density at radius 1 is 0.900 bits per heavy atom. The third kappa shape index (κ3) is 7.03. The summed E-state index contributed by atoms with van der Waals surface area (Å²) >= 11 is 1.26. The minimum Gasteiger partial charge on any atom is -0.462 e. The predicted octanol–water partition coefficient (Wildman–Crippen LogP) is 1.86. The van der Waals surface area contributed by atoms with Crippen molar-refractivity contribution in [2.24, 2.45) is 0 Å². The van der Waals surface area contributed by atoms with Crippen LogP contribution in [-0.4, -0.2) is 60.3 Å². The Morgan fingerprint density at radius 2 is 1.50 bits per heavy atom. The number of thioether (sulfide) groups is 1. The molecule has 164 valence electrons. The van der Waals surface area contributed by atoms with E-state index in [0.29, 0.717) is 0 Å². The van der Waals surface area contributed by atoms with Gasteiger partial charge in [-0.1, -0.05) is 30.0 Å². The van der Waals surface area contributed by atoms with E-state index in [9.17, 15) is 19.2 Å². The van der Waals surface area contributed by atoms with E-state index in [2.05, 4.69) is 0 Å². The fraction of sp³-hybridized carbons (Fsp3) is 0.500. The lowest BCUT2D eigenvalue weighted by Crippen LogP contribution is -2.46. The largest absolute Gasteiger partial charge is 0.462 e. The molecule has 0 aliphatic carbocycles. The van der Waals surface area contributed by atoms with E-state index >= 15 is 0 Å². The second-order valence-corrected chi connectivity index (χ2v) is 7.67. The average molecular weight is 440 g/mol. The molecule has 9 nitrogen and oxygen atoms in total. The van der Waals surface area contributed by atoms with Crippen LogP contribution in [0, 0.1) is 0 Å². The van der Waals surface area contributed by atoms with Gasteiger partial charge in [0, 0.05) is 32.6 Å². The fourth-order valence-electron chi connectivity index (χ4n) is 2.93. The highest BCUT2D eigenvalue weighted by molar-refractivity contribution is 7.99. The summed E-state index contributed by atoms with van der Waals surface area (Å²) in [6, 6.07) is 9.21. The molecular weight excluding hydrogens is 416 g/mol. The molecule has 1 aliphatic heterocycles. The summed E-state index contributed by atoms with van der Waals surface area (Å²) in [6.07, 6.45) is -4.15. The van der Waals surface area contributed by atoms with E-state index in [-0.39, 0.29) is 6.61 Å². The maximum Gasteiger partial charge on any atom is 0.303 e. The number of hydrogen-bond donors (Lipinski definition) is 0. The van der Waals surface area contributed by atoms with Crippen molar-refractivity contribution in [2.45, 2.75) is 62.4 Å². The van der Waals surface area contributed by atoms with Gasteiger partial charge < -0.3 is 23.7 Å². The molecule has 1 fully saturated rings. The maximum absolute atomic E-state index is 11.7. The highest BCUT2D eigenvalue weighted by Crippen LogP contribution is 2.39. The minimum absolute atomic E-state index is 0.313. The van der Waals surface area contributed by atoms with Gasteiger partial charge in [-0.25, -0.2) is 0 Å². The molecule has 0 bridgehead atoms. The average Bonchev–Trinajstić information content (AvgIpc) is 2.95. The van der Waals surface area contributed by atoms with Crippen LogP contribution in [0.3, 0.4) is 0 Å². The highest BCUT2D eigenvalue weighted by Gasteiger charge is 2.53. The zero-order chi connectivity index (χ0) is 22.3. The number of rotatable bonds is 8. The molecule has 1 aromatic rings. The number of carbonyl (C=O) groups is 4. The van der Waals surface area contributed by atoms with Gasteiger partial charge in [-0.15, -0.1) is 0 Å². The molecule has 0 spiro atoms. The van der Waals surface area contributed by atoms with Gasteiger partial charge >= 0.3 is 23.9 Å². The van der Waals surface area contributed by atoms with Crippen LogP contribution in [0.4, 0.5) is 0 Å². The van der Waals surface area contributed by atoms with Gasteiger partial charge in [0.25, 0.3) is 0 Å². The lowest BCUT2D eigenvalue weighted by Gasteiger charge is -2.27. The number of ether oxygens (including phenoxy) is 5. The highest BCUT2D eigenvalue weighted by atomic mass is 32.2. The van der Waals surface area contributed by atoms with Gasteiger partial charge in [-0.2, -0.15) is 0 Å². The minimum atomic E-state index is -1.08. The number of esters is 4. The van der Waals surface area contributed by atoms with Crippen LogP contribution >= 0.6 is 11.8 Å². The lowest BCUT2D eigenvalue weighted by atomic mass is 10.1. The van der Waals surface area contributed by atoms with E-state index in [0.717, 1.165) is 4.90 Å². The summed E-state index contributed by atoms with van der Waals surface area (Å²) < 4.78 is 27.1. The van der Waals surface area contributed by atoms with Crippen LogP contribution in [0.1, 0.15) is 27.7 Å². The molecule has 30 heavy (non-hydrogen) atoms. The van der Waals surface area contributed by atoms with Gasteiger partial charge in [-0.3, -0.25) is 19.2 Å². The molecule has 0 unspecified atom stereocenters. The number of hydrogen-bond acceptors (Lipinski definition) is 10. The van der Waals surface area contributed by atoms with Crippen molar-refractivity contribution >= 4 is 35.6 Å². The van der Waals surface area contributed by atoms with Gasteiger partial charge in [0.15, 0.2) is 18.3 Å². The first kappa shape index (κ1) is 23.7. The Balaban J connectivity index is 2.35. The van der Waals surface area contributed by atoms with Crippen molar-refractivity contribution in [3.8, 4) is 0 Å². The monoisotopic (exact) mass is 440 g/mol.